The minimum absolute atomic E-state index is 0.107. The van der Waals surface area contributed by atoms with Crippen molar-refractivity contribution < 1.29 is 11.0 Å². The van der Waals surface area contributed by atoms with Crippen LogP contribution >= 0.6 is 0 Å². The molecular weight excluding hydrogens is 154 g/mol. The molecule has 0 N–H and O–H groups in total. The molecule has 1 aliphatic heterocycles. The van der Waals surface area contributed by atoms with E-state index in [0.717, 1.165) is 25.9 Å². The molecule has 1 fully saturated rings. The van der Waals surface area contributed by atoms with E-state index in [4.69, 9.17) is 1.37 Å². The highest BCUT2D eigenvalue weighted by molar-refractivity contribution is 5.73. The van der Waals surface area contributed by atoms with Crippen molar-refractivity contribution in [3.63, 3.8) is 0 Å². The molecule has 0 spiro atoms. The van der Waals surface area contributed by atoms with E-state index < -0.39 is 6.26 Å². The van der Waals surface area contributed by atoms with Gasteiger partial charge in [0.25, 0.3) is 0 Å². The van der Waals surface area contributed by atoms with E-state index in [1.807, 2.05) is 0 Å². The van der Waals surface area contributed by atoms with Gasteiger partial charge in [-0.15, -0.1) is 0 Å². The molecule has 0 aromatic carbocycles. The summed E-state index contributed by atoms with van der Waals surface area (Å²) < 4.78 is 6.83. The number of carbonyl (C=O) groups excluding carboxylic acids is 2. The minimum Gasteiger partial charge on any atom is -0.343 e. The minimum atomic E-state index is -0.485. The molecule has 1 amide bonds. The Balaban J connectivity index is 2.30. The molecule has 68 valence electrons. The normalized spacial score (nSPS) is 20.4. The van der Waals surface area contributed by atoms with Crippen LogP contribution in [0.15, 0.2) is 0 Å². The van der Waals surface area contributed by atoms with Gasteiger partial charge in [0.15, 0.2) is 0 Å². The van der Waals surface area contributed by atoms with Crippen molar-refractivity contribution in [3.05, 3.63) is 0 Å². The smallest absolute Gasteiger partial charge is 0.219 e. The standard InChI is InChI=1S/C9H15NO2/c1-8(12)10-5-2-9(3-6-10)4-7-11/h7,9H,2-6H2,1H3/i7T. The van der Waals surface area contributed by atoms with Crippen molar-refractivity contribution in [2.75, 3.05) is 13.1 Å². The summed E-state index contributed by atoms with van der Waals surface area (Å²) in [7, 11) is 0. The Labute approximate surface area is 74.1 Å². The Kier molecular flexibility index (Phi) is 2.74. The number of carbonyl (C=O) groups is 2. The Morgan fingerprint density at radius 2 is 2.25 bits per heavy atom. The van der Waals surface area contributed by atoms with Crippen molar-refractivity contribution in [3.8, 4) is 0 Å². The van der Waals surface area contributed by atoms with Gasteiger partial charge in [-0.05, 0) is 18.8 Å². The predicted molar refractivity (Wildman–Crippen MR) is 45.7 cm³/mol. The predicted octanol–water partition coefficient (Wildman–Crippen LogP) is 0.834. The lowest BCUT2D eigenvalue weighted by molar-refractivity contribution is -0.130. The van der Waals surface area contributed by atoms with Crippen LogP contribution in [0.25, 0.3) is 0 Å². The third-order valence-corrected chi connectivity index (χ3v) is 2.43. The fourth-order valence-corrected chi connectivity index (χ4v) is 1.57. The first kappa shape index (κ1) is 7.77. The molecule has 3 heteroatoms. The fourth-order valence-electron chi connectivity index (χ4n) is 1.57. The van der Waals surface area contributed by atoms with Gasteiger partial charge in [0.2, 0.25) is 5.91 Å². The van der Waals surface area contributed by atoms with Gasteiger partial charge in [-0.1, -0.05) is 0 Å². The zero-order valence-electron chi connectivity index (χ0n) is 8.38. The molecule has 0 aliphatic carbocycles. The van der Waals surface area contributed by atoms with E-state index in [0.29, 0.717) is 12.3 Å². The van der Waals surface area contributed by atoms with Crippen molar-refractivity contribution in [1.82, 2.24) is 4.90 Å². The van der Waals surface area contributed by atoms with Crippen molar-refractivity contribution in [2.24, 2.45) is 5.92 Å². The van der Waals surface area contributed by atoms with E-state index in [1.54, 1.807) is 11.8 Å². The second kappa shape index (κ2) is 4.24. The monoisotopic (exact) mass is 171 g/mol. The van der Waals surface area contributed by atoms with E-state index in [9.17, 15) is 9.59 Å². The largest absolute Gasteiger partial charge is 0.343 e. The van der Waals surface area contributed by atoms with Crippen LogP contribution < -0.4 is 0 Å². The summed E-state index contributed by atoms with van der Waals surface area (Å²) >= 11 is 0. The molecule has 0 unspecified atom stereocenters. The summed E-state index contributed by atoms with van der Waals surface area (Å²) in [6, 6.07) is 0. The number of aldehydes is 1. The molecule has 0 aromatic rings. The lowest BCUT2D eigenvalue weighted by atomic mass is 9.94. The SMILES string of the molecule is [3H]C(=O)CC1CCN(C(C)=O)CC1. The maximum atomic E-state index is 10.9. The summed E-state index contributed by atoms with van der Waals surface area (Å²) in [6.07, 6.45) is 1.60. The molecule has 1 aliphatic rings. The van der Waals surface area contributed by atoms with Crippen LogP contribution in [0.2, 0.25) is 0 Å². The zero-order valence-corrected chi connectivity index (χ0v) is 7.38. The molecule has 0 aromatic heterocycles. The van der Waals surface area contributed by atoms with E-state index in [2.05, 4.69) is 0 Å². The van der Waals surface area contributed by atoms with Gasteiger partial charge < -0.3 is 9.69 Å². The number of amides is 1. The Morgan fingerprint density at radius 1 is 1.67 bits per heavy atom. The lowest BCUT2D eigenvalue weighted by Crippen LogP contribution is -2.37. The van der Waals surface area contributed by atoms with Gasteiger partial charge in [-0.2, -0.15) is 0 Å². The van der Waals surface area contributed by atoms with Gasteiger partial charge in [-0.3, -0.25) is 4.79 Å². The van der Waals surface area contributed by atoms with Crippen molar-refractivity contribution in [1.29, 1.82) is 0 Å². The van der Waals surface area contributed by atoms with Crippen LogP contribution in [0.3, 0.4) is 0 Å². The van der Waals surface area contributed by atoms with Gasteiger partial charge in [0.1, 0.15) is 7.63 Å². The summed E-state index contributed by atoms with van der Waals surface area (Å²) in [5.41, 5.74) is 0. The van der Waals surface area contributed by atoms with Crippen molar-refractivity contribution >= 4 is 12.2 Å². The van der Waals surface area contributed by atoms with Crippen LogP contribution in [0.5, 0.6) is 0 Å². The Morgan fingerprint density at radius 3 is 2.67 bits per heavy atom. The second-order valence-electron chi connectivity index (χ2n) is 3.30. The summed E-state index contributed by atoms with van der Waals surface area (Å²) in [4.78, 5) is 23.3. The van der Waals surface area contributed by atoms with Gasteiger partial charge in [0, 0.05) is 26.4 Å². The molecule has 3 nitrogen and oxygen atoms in total. The maximum absolute atomic E-state index is 10.9. The van der Waals surface area contributed by atoms with Crippen LogP contribution in [0, 0.1) is 5.92 Å². The molecule has 0 radical (unpaired) electrons. The number of likely N-dealkylation sites (tertiary alicyclic amines) is 1. The zero-order chi connectivity index (χ0) is 9.84. The molecular formula is C9H15NO2. The second-order valence-corrected chi connectivity index (χ2v) is 3.30. The highest BCUT2D eigenvalue weighted by Crippen LogP contribution is 2.18. The highest BCUT2D eigenvalue weighted by Gasteiger charge is 2.19. The number of hydrogen-bond acceptors (Lipinski definition) is 2. The summed E-state index contributed by atoms with van der Waals surface area (Å²) in [5, 5.41) is 0. The van der Waals surface area contributed by atoms with Gasteiger partial charge in [-0.25, -0.2) is 0 Å². The maximum Gasteiger partial charge on any atom is 0.219 e. The molecule has 0 saturated carbocycles. The average Bonchev–Trinajstić information content (AvgIpc) is 2.04. The van der Waals surface area contributed by atoms with Crippen LogP contribution in [-0.4, -0.2) is 30.2 Å². The van der Waals surface area contributed by atoms with E-state index in [1.165, 1.54) is 0 Å². The van der Waals surface area contributed by atoms with E-state index >= 15 is 0 Å². The molecule has 0 bridgehead atoms. The molecule has 12 heavy (non-hydrogen) atoms. The molecule has 1 saturated heterocycles. The quantitative estimate of drug-likeness (QED) is 0.577. The third-order valence-electron chi connectivity index (χ3n) is 2.43. The van der Waals surface area contributed by atoms with Crippen LogP contribution in [0.1, 0.15) is 27.6 Å². The average molecular weight is 171 g/mol. The third kappa shape index (κ3) is 2.32. The number of rotatable bonds is 2. The number of piperidine rings is 1. The first-order valence-corrected chi connectivity index (χ1v) is 4.34. The first-order chi connectivity index (χ1) is 6.09. The van der Waals surface area contributed by atoms with Crippen LogP contribution in [-0.2, 0) is 9.59 Å². The van der Waals surface area contributed by atoms with E-state index in [-0.39, 0.29) is 5.91 Å². The summed E-state index contributed by atoms with van der Waals surface area (Å²) in [5.74, 6) is 0.427. The van der Waals surface area contributed by atoms with Crippen molar-refractivity contribution in [2.45, 2.75) is 26.2 Å². The number of hydrogen-bond donors (Lipinski definition) is 0. The lowest BCUT2D eigenvalue weighted by Gasteiger charge is -2.30. The topological polar surface area (TPSA) is 37.4 Å². The molecule has 1 rings (SSSR count). The first-order valence-electron chi connectivity index (χ1n) is 4.84. The summed E-state index contributed by atoms with van der Waals surface area (Å²) in [6.45, 7) is 3.05. The molecule has 1 heterocycles. The van der Waals surface area contributed by atoms with Gasteiger partial charge in [0.05, 0.1) is 0 Å². The Hall–Kier alpha value is -0.860. The fraction of sp³-hybridized carbons (Fsp3) is 0.778. The molecule has 0 atom stereocenters. The van der Waals surface area contributed by atoms with Gasteiger partial charge >= 0.3 is 0 Å². The van der Waals surface area contributed by atoms with Crippen LogP contribution in [0.4, 0.5) is 0 Å². The number of nitrogens with zero attached hydrogens (tertiary/aromatic N) is 1. The highest BCUT2D eigenvalue weighted by atomic mass is 16.2. The Bertz CT molecular complexity index is 210.